The van der Waals surface area contributed by atoms with Crippen LogP contribution in [0.25, 0.3) is 199 Å². The minimum absolute atomic E-state index is 0.885. The van der Waals surface area contributed by atoms with E-state index in [1.54, 1.807) is 0 Å². The predicted octanol–water partition coefficient (Wildman–Crippen LogP) is 33.1. The molecule has 0 aliphatic rings. The molecule has 124 heavy (non-hydrogen) atoms. The van der Waals surface area contributed by atoms with Crippen molar-refractivity contribution in [2.24, 2.45) is 0 Å². The van der Waals surface area contributed by atoms with Gasteiger partial charge in [-0.1, -0.05) is 315 Å². The topological polar surface area (TPSA) is 42.6 Å². The summed E-state index contributed by atoms with van der Waals surface area (Å²) in [4.78, 5) is 4.80. The maximum atomic E-state index is 6.36. The SMILES string of the molecule is c1ccc(-c2cccc(N(c3ccc(-c4ccc(-n5c6ccccc6c6c(-c7ccc(-c8cccc(N(c9ccc(-c%10ccc(-n%11c%12ccccc%12c%12ccccc%12%11)cc%10)cc9)c9ccccc9-c9ccc(-c%10cccc%11oc%12ccccc%12c%10%11)cc9)c8)cc7)cccc65)cc4)cc3)c3ccc4cc(-c5cccc6oc7ccccc7c56)ccc4c3)c2)cc1. The van der Waals surface area contributed by atoms with Crippen molar-refractivity contribution in [3.05, 3.63) is 461 Å². The van der Waals surface area contributed by atoms with Crippen molar-refractivity contribution in [2.45, 2.75) is 0 Å². The van der Waals surface area contributed by atoms with Crippen molar-refractivity contribution < 1.29 is 8.83 Å². The summed E-state index contributed by atoms with van der Waals surface area (Å²) in [5.41, 5.74) is 35.1. The predicted molar refractivity (Wildman–Crippen MR) is 520 cm³/mol. The minimum atomic E-state index is 0.885. The molecule has 0 amide bonds. The first-order chi connectivity index (χ1) is 61.5. The average molecular weight is 1580 g/mol. The van der Waals surface area contributed by atoms with Crippen molar-refractivity contribution >= 4 is 132 Å². The Bertz CT molecular complexity index is 8210. The summed E-state index contributed by atoms with van der Waals surface area (Å²) in [6.45, 7) is 0. The van der Waals surface area contributed by atoms with Crippen LogP contribution in [0.2, 0.25) is 0 Å². The molecule has 0 unspecified atom stereocenters. The second kappa shape index (κ2) is 29.8. The van der Waals surface area contributed by atoms with Gasteiger partial charge in [0, 0.05) is 88.5 Å². The standard InChI is InChI=1S/C118H76N4O2/c1-2-21-77(22-3-1)86-23-16-25-95(74-86)119(97-72-63-88-73-90(54-53-89(88)76-97)101-35-20-44-115-118(101)106-32-9-15-42-113(106)124-115)91-64-55-78(56-65-91)81-61-70-94(71-62-81)122-110-39-13-7-30-104(110)116-99(33-18-40-111(116)122)84-47-45-82(46-48-84)87-24-17-26-96(75-87)120(92-66-57-79(58-67-92)80-59-68-93(69-60-80)121-108-37-11-5-28-102(108)103-29-6-12-38-109(103)121)107-36-10-4-27-98(107)83-49-51-85(52-50-83)100-34-19-43-114-117(100)105-31-8-14-41-112(105)123-114/h1-76H. The lowest BCUT2D eigenvalue weighted by Gasteiger charge is -2.28. The zero-order valence-corrected chi connectivity index (χ0v) is 67.5. The van der Waals surface area contributed by atoms with Crippen molar-refractivity contribution in [1.82, 2.24) is 9.13 Å². The summed E-state index contributed by atoms with van der Waals surface area (Å²) in [6.07, 6.45) is 0. The highest BCUT2D eigenvalue weighted by molar-refractivity contribution is 6.17. The molecule has 0 spiro atoms. The Morgan fingerprint density at radius 1 is 0.169 bits per heavy atom. The normalized spacial score (nSPS) is 11.7. The fourth-order valence-corrected chi connectivity index (χ4v) is 19.3. The van der Waals surface area contributed by atoms with Gasteiger partial charge < -0.3 is 27.8 Å². The fourth-order valence-electron chi connectivity index (χ4n) is 19.3. The van der Waals surface area contributed by atoms with Gasteiger partial charge in [-0.05, 0) is 240 Å². The first-order valence-corrected chi connectivity index (χ1v) is 42.4. The second-order valence-corrected chi connectivity index (χ2v) is 32.2. The maximum Gasteiger partial charge on any atom is 0.136 e. The molecule has 0 saturated carbocycles. The van der Waals surface area contributed by atoms with E-state index < -0.39 is 0 Å². The van der Waals surface area contributed by atoms with Gasteiger partial charge in [-0.3, -0.25) is 0 Å². The van der Waals surface area contributed by atoms with E-state index >= 15 is 0 Å². The van der Waals surface area contributed by atoms with Gasteiger partial charge in [0.15, 0.2) is 0 Å². The minimum Gasteiger partial charge on any atom is -0.456 e. The molecule has 20 aromatic carbocycles. The molecule has 4 aromatic heterocycles. The Kier molecular flexibility index (Phi) is 17.2. The lowest BCUT2D eigenvalue weighted by atomic mass is 9.95. The van der Waals surface area contributed by atoms with Gasteiger partial charge in [0.25, 0.3) is 0 Å². The number of para-hydroxylation sites is 6. The quantitative estimate of drug-likeness (QED) is 0.0967. The number of fused-ring (bicyclic) bond motifs is 13. The maximum absolute atomic E-state index is 6.36. The van der Waals surface area contributed by atoms with Crippen LogP contribution in [0.3, 0.4) is 0 Å². The largest absolute Gasteiger partial charge is 0.456 e. The Hall–Kier alpha value is -16.5. The Morgan fingerprint density at radius 2 is 0.500 bits per heavy atom. The van der Waals surface area contributed by atoms with E-state index in [0.29, 0.717) is 0 Å². The lowest BCUT2D eigenvalue weighted by molar-refractivity contribution is 0.668. The van der Waals surface area contributed by atoms with E-state index in [0.717, 1.165) is 184 Å². The van der Waals surface area contributed by atoms with Gasteiger partial charge in [-0.15, -0.1) is 0 Å². The number of anilines is 6. The second-order valence-electron chi connectivity index (χ2n) is 32.2. The average Bonchev–Trinajstić information content (AvgIpc) is 1.58. The van der Waals surface area contributed by atoms with E-state index in [4.69, 9.17) is 8.83 Å². The molecule has 0 saturated heterocycles. The van der Waals surface area contributed by atoms with Crippen LogP contribution >= 0.6 is 0 Å². The summed E-state index contributed by atoms with van der Waals surface area (Å²) in [7, 11) is 0. The highest BCUT2D eigenvalue weighted by Gasteiger charge is 2.24. The van der Waals surface area contributed by atoms with Crippen LogP contribution in [0.5, 0.6) is 0 Å². The molecule has 0 aliphatic heterocycles. The number of hydrogen-bond acceptors (Lipinski definition) is 4. The van der Waals surface area contributed by atoms with E-state index in [2.05, 4.69) is 456 Å². The summed E-state index contributed by atoms with van der Waals surface area (Å²) >= 11 is 0. The third-order valence-corrected chi connectivity index (χ3v) is 25.1. The van der Waals surface area contributed by atoms with E-state index in [1.165, 1.54) is 49.1 Å². The molecule has 6 nitrogen and oxygen atoms in total. The van der Waals surface area contributed by atoms with E-state index in [1.807, 2.05) is 24.3 Å². The van der Waals surface area contributed by atoms with Crippen LogP contribution in [-0.4, -0.2) is 9.13 Å². The third-order valence-electron chi connectivity index (χ3n) is 25.1. The third kappa shape index (κ3) is 12.3. The molecule has 580 valence electrons. The van der Waals surface area contributed by atoms with Gasteiger partial charge >= 0.3 is 0 Å². The van der Waals surface area contributed by atoms with Crippen LogP contribution in [0.15, 0.2) is 470 Å². The van der Waals surface area contributed by atoms with Gasteiger partial charge in [0.1, 0.15) is 22.3 Å². The van der Waals surface area contributed by atoms with E-state index in [9.17, 15) is 0 Å². The first kappa shape index (κ1) is 71.6. The van der Waals surface area contributed by atoms with Crippen molar-refractivity contribution in [2.75, 3.05) is 9.80 Å². The first-order valence-electron chi connectivity index (χ1n) is 42.4. The number of rotatable bonds is 16. The molecule has 6 heteroatoms. The van der Waals surface area contributed by atoms with Crippen LogP contribution in [0, 0.1) is 0 Å². The highest BCUT2D eigenvalue weighted by Crippen LogP contribution is 2.48. The molecule has 0 N–H and O–H groups in total. The van der Waals surface area contributed by atoms with Crippen LogP contribution in [-0.2, 0) is 0 Å². The summed E-state index contributed by atoms with van der Waals surface area (Å²) in [5, 5.41) is 11.8. The lowest BCUT2D eigenvalue weighted by Crippen LogP contribution is -2.11. The summed E-state index contributed by atoms with van der Waals surface area (Å²) in [6, 6.07) is 168. The Labute approximate surface area is 716 Å². The molecular formula is C118H76N4O2. The summed E-state index contributed by atoms with van der Waals surface area (Å²) in [5.74, 6) is 0. The van der Waals surface area contributed by atoms with Crippen molar-refractivity contribution in [1.29, 1.82) is 0 Å². The zero-order chi connectivity index (χ0) is 81.7. The molecular weight excluding hydrogens is 1510 g/mol. The van der Waals surface area contributed by atoms with Crippen molar-refractivity contribution in [3.63, 3.8) is 0 Å². The van der Waals surface area contributed by atoms with Crippen LogP contribution in [0.1, 0.15) is 0 Å². The highest BCUT2D eigenvalue weighted by atomic mass is 16.3. The van der Waals surface area contributed by atoms with Gasteiger partial charge in [-0.2, -0.15) is 0 Å². The smallest absolute Gasteiger partial charge is 0.136 e. The van der Waals surface area contributed by atoms with Gasteiger partial charge in [0.05, 0.1) is 27.8 Å². The molecule has 4 heterocycles. The molecule has 0 atom stereocenters. The van der Waals surface area contributed by atoms with Crippen LogP contribution in [0.4, 0.5) is 34.1 Å². The molecule has 24 rings (SSSR count). The number of furan rings is 2. The Morgan fingerprint density at radius 3 is 1.07 bits per heavy atom. The number of nitrogens with zero attached hydrogens (tertiary/aromatic N) is 4. The van der Waals surface area contributed by atoms with Crippen molar-refractivity contribution in [3.8, 4) is 100 Å². The molecule has 24 aromatic rings. The zero-order valence-electron chi connectivity index (χ0n) is 67.5. The monoisotopic (exact) mass is 1580 g/mol. The van der Waals surface area contributed by atoms with Crippen LogP contribution < -0.4 is 9.80 Å². The number of hydrogen-bond donors (Lipinski definition) is 0. The number of benzene rings is 20. The number of aromatic nitrogens is 2. The van der Waals surface area contributed by atoms with E-state index in [-0.39, 0.29) is 0 Å². The molecule has 0 bridgehead atoms. The summed E-state index contributed by atoms with van der Waals surface area (Å²) < 4.78 is 17.5. The van der Waals surface area contributed by atoms with Gasteiger partial charge in [-0.25, -0.2) is 0 Å². The molecule has 0 aliphatic carbocycles. The molecule has 0 radical (unpaired) electrons. The molecule has 0 fully saturated rings. The Balaban J connectivity index is 0.538. The fraction of sp³-hybridized carbons (Fsp3) is 0. The van der Waals surface area contributed by atoms with Gasteiger partial charge in [0.2, 0.25) is 0 Å².